The molecule has 3 aromatic rings. The lowest BCUT2D eigenvalue weighted by atomic mass is 10.2. The third kappa shape index (κ3) is 4.67. The molecule has 1 fully saturated rings. The highest BCUT2D eigenvalue weighted by atomic mass is 32.1. The summed E-state index contributed by atoms with van der Waals surface area (Å²) in [4.78, 5) is 23.5. The Balaban J connectivity index is 1.34. The van der Waals surface area contributed by atoms with Gasteiger partial charge in [-0.25, -0.2) is 9.97 Å². The normalized spacial score (nSPS) is 13.5. The van der Waals surface area contributed by atoms with Crippen LogP contribution in [-0.2, 0) is 13.2 Å². The molecule has 144 valence electrons. The lowest BCUT2D eigenvalue weighted by Crippen LogP contribution is -2.23. The van der Waals surface area contributed by atoms with E-state index in [1.54, 1.807) is 17.6 Å². The van der Waals surface area contributed by atoms with E-state index in [-0.39, 0.29) is 5.91 Å². The molecule has 1 N–H and O–H groups in total. The van der Waals surface area contributed by atoms with E-state index in [1.165, 1.54) is 24.2 Å². The van der Waals surface area contributed by atoms with Crippen LogP contribution in [0.25, 0.3) is 0 Å². The Morgan fingerprint density at radius 2 is 2.07 bits per heavy atom. The SMILES string of the molecule is O=C(NCc1ccnc(N2CCCC2)c1)c1cccc(OCc2cscn2)c1. The van der Waals surface area contributed by atoms with Crippen molar-refractivity contribution in [2.75, 3.05) is 18.0 Å². The zero-order valence-corrected chi connectivity index (χ0v) is 16.3. The molecule has 1 amide bonds. The number of amides is 1. The van der Waals surface area contributed by atoms with Crippen molar-refractivity contribution in [2.24, 2.45) is 0 Å². The third-order valence-electron chi connectivity index (χ3n) is 4.66. The number of thiazole rings is 1. The molecule has 0 bridgehead atoms. The molecule has 6 nitrogen and oxygen atoms in total. The van der Waals surface area contributed by atoms with Crippen molar-refractivity contribution < 1.29 is 9.53 Å². The first kappa shape index (κ1) is 18.4. The number of carbonyl (C=O) groups is 1. The smallest absolute Gasteiger partial charge is 0.251 e. The number of ether oxygens (including phenoxy) is 1. The van der Waals surface area contributed by atoms with Gasteiger partial charge in [-0.05, 0) is 48.7 Å². The van der Waals surface area contributed by atoms with Crippen molar-refractivity contribution >= 4 is 23.1 Å². The Morgan fingerprint density at radius 1 is 1.18 bits per heavy atom. The van der Waals surface area contributed by atoms with E-state index in [1.807, 2.05) is 29.8 Å². The lowest BCUT2D eigenvalue weighted by molar-refractivity contribution is 0.0950. The number of rotatable bonds is 7. The maximum Gasteiger partial charge on any atom is 0.251 e. The average Bonchev–Trinajstić information content (AvgIpc) is 3.45. The van der Waals surface area contributed by atoms with E-state index < -0.39 is 0 Å². The number of hydrogen-bond acceptors (Lipinski definition) is 6. The van der Waals surface area contributed by atoms with Crippen molar-refractivity contribution in [1.29, 1.82) is 0 Å². The van der Waals surface area contributed by atoms with E-state index in [0.29, 0.717) is 24.5 Å². The first-order chi connectivity index (χ1) is 13.8. The summed E-state index contributed by atoms with van der Waals surface area (Å²) in [5.41, 5.74) is 4.27. The predicted molar refractivity (Wildman–Crippen MR) is 110 cm³/mol. The zero-order chi connectivity index (χ0) is 19.2. The molecular weight excluding hydrogens is 372 g/mol. The van der Waals surface area contributed by atoms with Crippen LogP contribution in [0.3, 0.4) is 0 Å². The number of pyridine rings is 1. The predicted octanol–water partition coefficient (Wildman–Crippen LogP) is 3.65. The van der Waals surface area contributed by atoms with Crippen LogP contribution in [0.2, 0.25) is 0 Å². The van der Waals surface area contributed by atoms with Gasteiger partial charge < -0.3 is 15.0 Å². The molecule has 0 unspecified atom stereocenters. The highest BCUT2D eigenvalue weighted by molar-refractivity contribution is 7.07. The summed E-state index contributed by atoms with van der Waals surface area (Å²) in [5, 5.41) is 4.92. The van der Waals surface area contributed by atoms with Gasteiger partial charge in [0, 0.05) is 36.8 Å². The van der Waals surface area contributed by atoms with Gasteiger partial charge in [-0.2, -0.15) is 0 Å². The molecule has 0 aliphatic carbocycles. The van der Waals surface area contributed by atoms with Crippen LogP contribution >= 0.6 is 11.3 Å². The Kier molecular flexibility index (Phi) is 5.82. The summed E-state index contributed by atoms with van der Waals surface area (Å²) in [6.07, 6.45) is 4.23. The van der Waals surface area contributed by atoms with Crippen LogP contribution in [0.1, 0.15) is 34.5 Å². The van der Waals surface area contributed by atoms with Gasteiger partial charge in [0.1, 0.15) is 18.2 Å². The quantitative estimate of drug-likeness (QED) is 0.663. The van der Waals surface area contributed by atoms with E-state index in [9.17, 15) is 4.79 Å². The molecule has 1 aliphatic rings. The van der Waals surface area contributed by atoms with E-state index in [0.717, 1.165) is 30.2 Å². The molecule has 4 rings (SSSR count). The van der Waals surface area contributed by atoms with Crippen LogP contribution in [0.15, 0.2) is 53.5 Å². The minimum Gasteiger partial charge on any atom is -0.487 e. The number of nitrogens with zero attached hydrogens (tertiary/aromatic N) is 3. The van der Waals surface area contributed by atoms with Crippen molar-refractivity contribution in [2.45, 2.75) is 26.0 Å². The maximum atomic E-state index is 12.5. The van der Waals surface area contributed by atoms with Crippen molar-refractivity contribution in [3.05, 3.63) is 70.3 Å². The van der Waals surface area contributed by atoms with Crippen LogP contribution in [0.4, 0.5) is 5.82 Å². The van der Waals surface area contributed by atoms with Gasteiger partial charge in [-0.1, -0.05) is 6.07 Å². The standard InChI is InChI=1S/C21H22N4O2S/c26-21(17-4-3-5-19(11-17)27-13-18-14-28-15-24-18)23-12-16-6-7-22-20(10-16)25-8-1-2-9-25/h3-7,10-11,14-15H,1-2,8-9,12-13H2,(H,23,26). The molecule has 0 saturated carbocycles. The highest BCUT2D eigenvalue weighted by Gasteiger charge is 2.14. The molecule has 0 radical (unpaired) electrons. The summed E-state index contributed by atoms with van der Waals surface area (Å²) >= 11 is 1.53. The number of anilines is 1. The molecule has 3 heterocycles. The van der Waals surface area contributed by atoms with Gasteiger partial charge in [-0.15, -0.1) is 11.3 Å². The second kappa shape index (κ2) is 8.84. The average molecular weight is 395 g/mol. The summed E-state index contributed by atoms with van der Waals surface area (Å²) in [5.74, 6) is 1.52. The number of carbonyl (C=O) groups excluding carboxylic acids is 1. The molecule has 0 atom stereocenters. The molecule has 0 spiro atoms. The Bertz CT molecular complexity index is 924. The lowest BCUT2D eigenvalue weighted by Gasteiger charge is -2.17. The van der Waals surface area contributed by atoms with E-state index in [4.69, 9.17) is 4.74 Å². The summed E-state index contributed by atoms with van der Waals surface area (Å²) in [6, 6.07) is 11.2. The van der Waals surface area contributed by atoms with E-state index >= 15 is 0 Å². The maximum absolute atomic E-state index is 12.5. The van der Waals surface area contributed by atoms with Gasteiger partial charge in [-0.3, -0.25) is 4.79 Å². The molecule has 2 aromatic heterocycles. The van der Waals surface area contributed by atoms with Crippen molar-refractivity contribution in [3.63, 3.8) is 0 Å². The zero-order valence-electron chi connectivity index (χ0n) is 15.5. The molecule has 28 heavy (non-hydrogen) atoms. The fourth-order valence-corrected chi connectivity index (χ4v) is 3.71. The van der Waals surface area contributed by atoms with Crippen LogP contribution in [0, 0.1) is 0 Å². The molecule has 1 saturated heterocycles. The van der Waals surface area contributed by atoms with Crippen molar-refractivity contribution in [1.82, 2.24) is 15.3 Å². The molecule has 7 heteroatoms. The van der Waals surface area contributed by atoms with Gasteiger partial charge in [0.2, 0.25) is 0 Å². The topological polar surface area (TPSA) is 67.4 Å². The fraction of sp³-hybridized carbons (Fsp3) is 0.286. The molecular formula is C21H22N4O2S. The Hall–Kier alpha value is -2.93. The molecule has 1 aromatic carbocycles. The number of benzene rings is 1. The fourth-order valence-electron chi connectivity index (χ4n) is 3.17. The minimum absolute atomic E-state index is 0.126. The van der Waals surface area contributed by atoms with Crippen molar-refractivity contribution in [3.8, 4) is 5.75 Å². The Labute approximate surface area is 168 Å². The molecule has 1 aliphatic heterocycles. The number of hydrogen-bond donors (Lipinski definition) is 1. The Morgan fingerprint density at radius 3 is 2.89 bits per heavy atom. The van der Waals surface area contributed by atoms with Gasteiger partial charge in [0.15, 0.2) is 0 Å². The van der Waals surface area contributed by atoms with Gasteiger partial charge in [0.05, 0.1) is 11.2 Å². The van der Waals surface area contributed by atoms with Crippen LogP contribution in [0.5, 0.6) is 5.75 Å². The van der Waals surface area contributed by atoms with E-state index in [2.05, 4.69) is 26.3 Å². The monoisotopic (exact) mass is 394 g/mol. The van der Waals surface area contributed by atoms with Crippen LogP contribution < -0.4 is 15.0 Å². The highest BCUT2D eigenvalue weighted by Crippen LogP contribution is 2.19. The van der Waals surface area contributed by atoms with Gasteiger partial charge >= 0.3 is 0 Å². The second-order valence-corrected chi connectivity index (χ2v) is 7.41. The largest absolute Gasteiger partial charge is 0.487 e. The third-order valence-corrected chi connectivity index (χ3v) is 5.29. The van der Waals surface area contributed by atoms with Gasteiger partial charge in [0.25, 0.3) is 5.91 Å². The number of aromatic nitrogens is 2. The summed E-state index contributed by atoms with van der Waals surface area (Å²) < 4.78 is 5.73. The summed E-state index contributed by atoms with van der Waals surface area (Å²) in [6.45, 7) is 2.96. The first-order valence-electron chi connectivity index (χ1n) is 9.36. The minimum atomic E-state index is -0.126. The number of nitrogens with one attached hydrogen (secondary N) is 1. The van der Waals surface area contributed by atoms with Crippen LogP contribution in [-0.4, -0.2) is 29.0 Å². The summed E-state index contributed by atoms with van der Waals surface area (Å²) in [7, 11) is 0. The second-order valence-electron chi connectivity index (χ2n) is 6.70. The first-order valence-corrected chi connectivity index (χ1v) is 10.3.